The Bertz CT molecular complexity index is 641. The summed E-state index contributed by atoms with van der Waals surface area (Å²) in [5, 5.41) is 13.6. The third-order valence-corrected chi connectivity index (χ3v) is 3.39. The number of benzene rings is 1. The van der Waals surface area contributed by atoms with Crippen LogP contribution in [0.4, 0.5) is 0 Å². The summed E-state index contributed by atoms with van der Waals surface area (Å²) in [6, 6.07) is 8.58. The second-order valence-electron chi connectivity index (χ2n) is 5.38. The monoisotopic (exact) mass is 307 g/mol. The molecule has 1 atom stereocenters. The van der Waals surface area contributed by atoms with Crippen molar-refractivity contribution >= 4 is 17.5 Å². The van der Waals surface area contributed by atoms with Crippen LogP contribution in [-0.2, 0) is 5.60 Å². The first-order valence-corrected chi connectivity index (χ1v) is 7.00. The van der Waals surface area contributed by atoms with Crippen LogP contribution >= 0.6 is 11.6 Å². The highest BCUT2D eigenvalue weighted by Crippen LogP contribution is 2.22. The smallest absolute Gasteiger partial charge is 0.251 e. The quantitative estimate of drug-likeness (QED) is 0.912. The second kappa shape index (κ2) is 5.92. The van der Waals surface area contributed by atoms with Crippen molar-refractivity contribution in [3.8, 4) is 0 Å². The molecule has 0 radical (unpaired) electrons. The Morgan fingerprint density at radius 2 is 2.05 bits per heavy atom. The molecule has 21 heavy (non-hydrogen) atoms. The molecule has 0 saturated carbocycles. The van der Waals surface area contributed by atoms with E-state index < -0.39 is 5.60 Å². The molecule has 1 heterocycles. The van der Waals surface area contributed by atoms with Gasteiger partial charge < -0.3 is 14.8 Å². The third kappa shape index (κ3) is 3.86. The van der Waals surface area contributed by atoms with Gasteiger partial charge in [-0.25, -0.2) is 0 Å². The zero-order valence-electron chi connectivity index (χ0n) is 12.2. The lowest BCUT2D eigenvalue weighted by Crippen LogP contribution is -2.38. The van der Waals surface area contributed by atoms with E-state index in [1.54, 1.807) is 44.2 Å². The second-order valence-corrected chi connectivity index (χ2v) is 5.82. The number of hydrogen-bond acceptors (Lipinski definition) is 3. The maximum atomic E-state index is 12.1. The van der Waals surface area contributed by atoms with Crippen molar-refractivity contribution in [1.82, 2.24) is 5.32 Å². The molecule has 0 spiro atoms. The molecule has 112 valence electrons. The van der Waals surface area contributed by atoms with E-state index in [-0.39, 0.29) is 12.5 Å². The Hall–Kier alpha value is -1.78. The minimum absolute atomic E-state index is 0.0460. The van der Waals surface area contributed by atoms with E-state index >= 15 is 0 Å². The van der Waals surface area contributed by atoms with E-state index in [0.29, 0.717) is 22.1 Å². The number of rotatable bonds is 4. The molecule has 1 unspecified atom stereocenters. The first kappa shape index (κ1) is 15.6. The molecule has 1 aromatic carbocycles. The Labute approximate surface area is 128 Å². The molecule has 5 heteroatoms. The van der Waals surface area contributed by atoms with Gasteiger partial charge in [0.05, 0.1) is 6.54 Å². The van der Waals surface area contributed by atoms with Gasteiger partial charge in [0.25, 0.3) is 5.91 Å². The Morgan fingerprint density at radius 1 is 1.33 bits per heavy atom. The van der Waals surface area contributed by atoms with Crippen LogP contribution in [-0.4, -0.2) is 17.6 Å². The van der Waals surface area contributed by atoms with Crippen molar-refractivity contribution < 1.29 is 14.3 Å². The number of halogens is 1. The average molecular weight is 308 g/mol. The SMILES string of the molecule is Cc1cc(Cl)cc(C(=O)NCC(C)(O)c2ccc(C)o2)c1. The van der Waals surface area contributed by atoms with Crippen molar-refractivity contribution in [1.29, 1.82) is 0 Å². The van der Waals surface area contributed by atoms with Crippen LogP contribution in [0, 0.1) is 13.8 Å². The van der Waals surface area contributed by atoms with Crippen LogP contribution in [0.3, 0.4) is 0 Å². The summed E-state index contributed by atoms with van der Waals surface area (Å²) in [6.07, 6.45) is 0. The maximum absolute atomic E-state index is 12.1. The van der Waals surface area contributed by atoms with Gasteiger partial charge in [0.2, 0.25) is 0 Å². The van der Waals surface area contributed by atoms with Crippen molar-refractivity contribution in [3.05, 3.63) is 58.0 Å². The van der Waals surface area contributed by atoms with Crippen LogP contribution in [0.5, 0.6) is 0 Å². The average Bonchev–Trinajstić information content (AvgIpc) is 2.82. The molecule has 0 aliphatic heterocycles. The molecule has 2 N–H and O–H groups in total. The van der Waals surface area contributed by atoms with Gasteiger partial charge in [-0.3, -0.25) is 4.79 Å². The molecule has 1 aromatic heterocycles. The van der Waals surface area contributed by atoms with Gasteiger partial charge in [-0.15, -0.1) is 0 Å². The summed E-state index contributed by atoms with van der Waals surface area (Å²) < 4.78 is 5.40. The molecule has 1 amide bonds. The predicted molar refractivity (Wildman–Crippen MR) is 81.5 cm³/mol. The van der Waals surface area contributed by atoms with Crippen molar-refractivity contribution in [2.45, 2.75) is 26.4 Å². The van der Waals surface area contributed by atoms with Gasteiger partial charge >= 0.3 is 0 Å². The lowest BCUT2D eigenvalue weighted by atomic mass is 10.0. The standard InChI is InChI=1S/C16H18ClNO3/c1-10-6-12(8-13(17)7-10)15(19)18-9-16(3,20)14-5-4-11(2)21-14/h4-8,20H,9H2,1-3H3,(H,18,19). The predicted octanol–water partition coefficient (Wildman–Crippen LogP) is 3.19. The van der Waals surface area contributed by atoms with Gasteiger partial charge in [-0.05, 0) is 56.7 Å². The van der Waals surface area contributed by atoms with Crippen molar-refractivity contribution in [3.63, 3.8) is 0 Å². The van der Waals surface area contributed by atoms with Crippen LogP contribution < -0.4 is 5.32 Å². The number of nitrogens with one attached hydrogen (secondary N) is 1. The first-order chi connectivity index (χ1) is 9.78. The van der Waals surface area contributed by atoms with Gasteiger partial charge in [-0.2, -0.15) is 0 Å². The Morgan fingerprint density at radius 3 is 2.62 bits per heavy atom. The van der Waals surface area contributed by atoms with Crippen LogP contribution in [0.15, 0.2) is 34.7 Å². The van der Waals surface area contributed by atoms with Gasteiger partial charge in [0, 0.05) is 10.6 Å². The molecule has 0 fully saturated rings. The molecular formula is C16H18ClNO3. The van der Waals surface area contributed by atoms with Crippen molar-refractivity contribution in [2.24, 2.45) is 0 Å². The summed E-state index contributed by atoms with van der Waals surface area (Å²) in [4.78, 5) is 12.1. The fraction of sp³-hybridized carbons (Fsp3) is 0.312. The summed E-state index contributed by atoms with van der Waals surface area (Å²) in [7, 11) is 0. The highest BCUT2D eigenvalue weighted by Gasteiger charge is 2.27. The summed E-state index contributed by atoms with van der Waals surface area (Å²) >= 11 is 5.94. The summed E-state index contributed by atoms with van der Waals surface area (Å²) in [5.41, 5.74) is 0.102. The highest BCUT2D eigenvalue weighted by molar-refractivity contribution is 6.31. The van der Waals surface area contributed by atoms with Gasteiger partial charge in [-0.1, -0.05) is 11.6 Å². The van der Waals surface area contributed by atoms with Crippen LogP contribution in [0.25, 0.3) is 0 Å². The maximum Gasteiger partial charge on any atom is 0.251 e. The van der Waals surface area contributed by atoms with Crippen molar-refractivity contribution in [2.75, 3.05) is 6.54 Å². The minimum Gasteiger partial charge on any atom is -0.463 e. The van der Waals surface area contributed by atoms with Crippen LogP contribution in [0.2, 0.25) is 5.02 Å². The zero-order chi connectivity index (χ0) is 15.6. The van der Waals surface area contributed by atoms with Gasteiger partial charge in [0.15, 0.2) is 0 Å². The number of hydrogen-bond donors (Lipinski definition) is 2. The molecule has 0 saturated heterocycles. The summed E-state index contributed by atoms with van der Waals surface area (Å²) in [6.45, 7) is 5.30. The fourth-order valence-corrected chi connectivity index (χ4v) is 2.32. The van der Waals surface area contributed by atoms with E-state index in [1.165, 1.54) is 0 Å². The largest absolute Gasteiger partial charge is 0.463 e. The number of furan rings is 1. The topological polar surface area (TPSA) is 62.5 Å². The van der Waals surface area contributed by atoms with E-state index in [2.05, 4.69) is 5.32 Å². The molecular weight excluding hydrogens is 290 g/mol. The first-order valence-electron chi connectivity index (χ1n) is 6.62. The molecule has 2 aromatic rings. The minimum atomic E-state index is -1.27. The Kier molecular flexibility index (Phi) is 4.40. The number of carbonyl (C=O) groups excluding carboxylic acids is 1. The fourth-order valence-electron chi connectivity index (χ4n) is 2.03. The lowest BCUT2D eigenvalue weighted by molar-refractivity contribution is 0.0323. The lowest BCUT2D eigenvalue weighted by Gasteiger charge is -2.21. The van der Waals surface area contributed by atoms with E-state index in [9.17, 15) is 9.90 Å². The number of aryl methyl sites for hydroxylation is 2. The number of aliphatic hydroxyl groups is 1. The zero-order valence-corrected chi connectivity index (χ0v) is 13.0. The highest BCUT2D eigenvalue weighted by atomic mass is 35.5. The summed E-state index contributed by atoms with van der Waals surface area (Å²) in [5.74, 6) is 0.841. The molecule has 0 aliphatic carbocycles. The molecule has 4 nitrogen and oxygen atoms in total. The molecule has 2 rings (SSSR count). The normalized spacial score (nSPS) is 13.8. The molecule has 0 aliphatic rings. The third-order valence-electron chi connectivity index (χ3n) is 3.17. The van der Waals surface area contributed by atoms with E-state index in [4.69, 9.17) is 16.0 Å². The van der Waals surface area contributed by atoms with Crippen LogP contribution in [0.1, 0.15) is 34.4 Å². The number of amides is 1. The number of carbonyl (C=O) groups is 1. The molecule has 0 bridgehead atoms. The van der Waals surface area contributed by atoms with E-state index in [0.717, 1.165) is 5.56 Å². The Balaban J connectivity index is 2.06. The van der Waals surface area contributed by atoms with Gasteiger partial charge in [0.1, 0.15) is 17.1 Å². The van der Waals surface area contributed by atoms with E-state index in [1.807, 2.05) is 6.92 Å².